The number of alkyl halides is 2. The second kappa shape index (κ2) is 23.6. The Morgan fingerprint density at radius 1 is 0.630 bits per heavy atom. The van der Waals surface area contributed by atoms with Crippen LogP contribution in [-0.2, 0) is 12.7 Å². The van der Waals surface area contributed by atoms with E-state index >= 15 is 0 Å². The van der Waals surface area contributed by atoms with Crippen LogP contribution in [0.3, 0.4) is 0 Å². The van der Waals surface area contributed by atoms with Crippen molar-refractivity contribution in [2.45, 2.75) is 78.0 Å². The van der Waals surface area contributed by atoms with Gasteiger partial charge < -0.3 is 0 Å². The van der Waals surface area contributed by atoms with Gasteiger partial charge in [0.1, 0.15) is 13.3 Å². The van der Waals surface area contributed by atoms with Gasteiger partial charge in [-0.1, -0.05) is 12.2 Å². The normalized spacial score (nSPS) is 12.1. The second-order valence-corrected chi connectivity index (χ2v) is 16.8. The number of allylic oxidation sites excluding steroid dienone is 4. The summed E-state index contributed by atoms with van der Waals surface area (Å²) >= 11 is 0.569. The molecule has 0 aliphatic rings. The average molecular weight is 512 g/mol. The zero-order chi connectivity index (χ0) is 21.8. The number of hydrogen-bond acceptors (Lipinski definition) is 0. The van der Waals surface area contributed by atoms with E-state index in [-0.39, 0.29) is 29.2 Å². The average Bonchev–Trinajstić information content (AvgIpc) is 2.55. The molecule has 0 aromatic heterocycles. The Morgan fingerprint density at radius 3 is 1.00 bits per heavy atom. The molecule has 0 N–H and O–H groups in total. The standard InChI is InChI=1S/2C10H20FP.2ClH.Ni/c2*1-9(2)12(10(3)4)8-6-5-7-11;;;/h2*5-6,9-10H,7-8H2,1-4H3;2*1H;/q;;;;+2. The van der Waals surface area contributed by atoms with Crippen molar-refractivity contribution in [2.24, 2.45) is 0 Å². The van der Waals surface area contributed by atoms with E-state index in [1.165, 1.54) is 0 Å². The van der Waals surface area contributed by atoms with E-state index in [2.05, 4.69) is 55.4 Å². The molecule has 0 amide bonds. The van der Waals surface area contributed by atoms with Crippen LogP contribution in [-0.4, -0.2) is 48.3 Å². The zero-order valence-electron chi connectivity index (χ0n) is 18.3. The second-order valence-electron chi connectivity index (χ2n) is 7.47. The molecule has 0 radical (unpaired) electrons. The molecule has 0 aliphatic heterocycles. The fourth-order valence-corrected chi connectivity index (χ4v) is 8.27. The van der Waals surface area contributed by atoms with Crippen LogP contribution in [0.15, 0.2) is 24.3 Å². The van der Waals surface area contributed by atoms with E-state index in [0.29, 0.717) is 12.7 Å². The molecule has 0 aromatic carbocycles. The minimum absolute atomic E-state index is 0.305. The summed E-state index contributed by atoms with van der Waals surface area (Å²) in [7, 11) is 8.79. The maximum absolute atomic E-state index is 11.8. The monoisotopic (exact) mass is 510 g/mol. The van der Waals surface area contributed by atoms with Gasteiger partial charge in [-0.2, -0.15) is 0 Å². The molecule has 0 saturated heterocycles. The molecule has 0 atom stereocenters. The quantitative estimate of drug-likeness (QED) is 0.157. The molecule has 0 bridgehead atoms. The predicted molar refractivity (Wildman–Crippen MR) is 129 cm³/mol. The van der Waals surface area contributed by atoms with Crippen LogP contribution >= 0.6 is 36.2 Å². The molecule has 0 aromatic rings. The van der Waals surface area contributed by atoms with Crippen molar-refractivity contribution in [3.05, 3.63) is 24.3 Å². The van der Waals surface area contributed by atoms with Gasteiger partial charge in [-0.05, 0) is 67.5 Å². The van der Waals surface area contributed by atoms with Crippen molar-refractivity contribution in [3.63, 3.8) is 0 Å². The molecule has 7 heteroatoms. The van der Waals surface area contributed by atoms with Crippen molar-refractivity contribution in [3.8, 4) is 0 Å². The summed E-state index contributed by atoms with van der Waals surface area (Å²) in [5.74, 6) is 0. The molecule has 0 unspecified atom stereocenters. The van der Waals surface area contributed by atoms with Crippen molar-refractivity contribution in [2.75, 3.05) is 25.7 Å². The van der Waals surface area contributed by atoms with Crippen LogP contribution in [0.1, 0.15) is 55.4 Å². The third-order valence-electron chi connectivity index (χ3n) is 4.18. The van der Waals surface area contributed by atoms with Gasteiger partial charge >= 0.3 is 33.0 Å². The Kier molecular flexibility index (Phi) is 28.7. The molecule has 0 spiro atoms. The third-order valence-corrected chi connectivity index (χ3v) is 11.5. The van der Waals surface area contributed by atoms with Gasteiger partial charge in [-0.25, -0.2) is 8.78 Å². The van der Waals surface area contributed by atoms with E-state index < -0.39 is 0 Å². The van der Waals surface area contributed by atoms with Gasteiger partial charge in [0.2, 0.25) is 0 Å². The van der Waals surface area contributed by atoms with Crippen molar-refractivity contribution < 1.29 is 21.4 Å². The van der Waals surface area contributed by atoms with Crippen LogP contribution in [0, 0.1) is 0 Å². The summed E-state index contributed by atoms with van der Waals surface area (Å²) in [6, 6.07) is 0. The zero-order valence-corrected chi connectivity index (χ0v) is 22.8. The molecule has 0 heterocycles. The molecular weight excluding hydrogens is 470 g/mol. The van der Waals surface area contributed by atoms with Gasteiger partial charge in [0, 0.05) is 15.8 Å². The van der Waals surface area contributed by atoms with Crippen molar-refractivity contribution >= 4 is 36.2 Å². The molecule has 0 aliphatic carbocycles. The SMILES string of the molecule is CC(C)[PH+](CC=CCF)C(C)C.CC(C)[PH+](CC=CCF)C(C)C.[Cl][Ni][Cl]. The molecule has 0 nitrogen and oxygen atoms in total. The minimum atomic E-state index is -0.314. The first kappa shape index (κ1) is 32.9. The third kappa shape index (κ3) is 23.4. The van der Waals surface area contributed by atoms with Gasteiger partial charge in [-0.3, -0.25) is 0 Å². The first-order chi connectivity index (χ1) is 12.6. The summed E-state index contributed by atoms with van der Waals surface area (Å²) < 4.78 is 23.5. The Bertz CT molecular complexity index is 305. The fraction of sp³-hybridized carbons (Fsp3) is 0.800. The van der Waals surface area contributed by atoms with E-state index in [4.69, 9.17) is 20.4 Å². The van der Waals surface area contributed by atoms with Gasteiger partial charge in [0.15, 0.2) is 0 Å². The Labute approximate surface area is 185 Å². The van der Waals surface area contributed by atoms with E-state index in [1.807, 2.05) is 12.2 Å². The molecule has 0 saturated carbocycles. The van der Waals surface area contributed by atoms with Crippen LogP contribution in [0.25, 0.3) is 0 Å². The van der Waals surface area contributed by atoms with E-state index in [0.717, 1.165) is 35.0 Å². The van der Waals surface area contributed by atoms with Gasteiger partial charge in [-0.15, -0.1) is 0 Å². The first-order valence-corrected chi connectivity index (χ1v) is 16.0. The summed E-state index contributed by atoms with van der Waals surface area (Å²) in [5.41, 5.74) is 3.16. The number of hydrogen-bond donors (Lipinski definition) is 0. The maximum atomic E-state index is 11.8. The predicted octanol–water partition coefficient (Wildman–Crippen LogP) is 8.46. The van der Waals surface area contributed by atoms with Gasteiger partial charge in [0.25, 0.3) is 0 Å². The van der Waals surface area contributed by atoms with E-state index in [1.54, 1.807) is 12.2 Å². The Hall–Kier alpha value is 1.27. The van der Waals surface area contributed by atoms with Crippen LogP contribution in [0.2, 0.25) is 0 Å². The van der Waals surface area contributed by atoms with Crippen molar-refractivity contribution in [1.82, 2.24) is 0 Å². The summed E-state index contributed by atoms with van der Waals surface area (Å²) in [5, 5.41) is 0. The van der Waals surface area contributed by atoms with Crippen LogP contribution in [0.4, 0.5) is 8.78 Å². The molecule has 168 valence electrons. The fourth-order valence-electron chi connectivity index (χ4n) is 2.84. The first-order valence-electron chi connectivity index (χ1n) is 9.55. The summed E-state index contributed by atoms with van der Waals surface area (Å²) in [6.45, 7) is 17.6. The molecule has 27 heavy (non-hydrogen) atoms. The summed E-state index contributed by atoms with van der Waals surface area (Å²) in [6.07, 6.45) is 9.52. The molecule has 0 fully saturated rings. The Morgan fingerprint density at radius 2 is 0.852 bits per heavy atom. The number of halogens is 4. The van der Waals surface area contributed by atoms with Gasteiger partial charge in [0.05, 0.1) is 35.0 Å². The van der Waals surface area contributed by atoms with Crippen LogP contribution in [0.5, 0.6) is 0 Å². The molecule has 0 rings (SSSR count). The summed E-state index contributed by atoms with van der Waals surface area (Å²) in [4.78, 5) is 0. The van der Waals surface area contributed by atoms with Crippen molar-refractivity contribution in [1.29, 1.82) is 0 Å². The Balaban J connectivity index is -0.000000372. The van der Waals surface area contributed by atoms with E-state index in [9.17, 15) is 8.78 Å². The topological polar surface area (TPSA) is 0 Å². The van der Waals surface area contributed by atoms with Crippen LogP contribution < -0.4 is 0 Å². The number of rotatable bonds is 10. The molecular formula is C20H42Cl2F2NiP2+2.